The van der Waals surface area contributed by atoms with Crippen molar-refractivity contribution in [2.24, 2.45) is 0 Å². The Hall–Kier alpha value is -1.20. The molecule has 0 saturated heterocycles. The zero-order chi connectivity index (χ0) is 12.9. The Morgan fingerprint density at radius 1 is 1.24 bits per heavy atom. The molecule has 92 valence electrons. The molecular formula is C14H19ClN2. The number of hydrogen-bond acceptors (Lipinski definition) is 2. The normalized spacial score (nSPS) is 11.0. The summed E-state index contributed by atoms with van der Waals surface area (Å²) < 4.78 is 0. The van der Waals surface area contributed by atoms with Gasteiger partial charge in [0, 0.05) is 5.54 Å². The van der Waals surface area contributed by atoms with E-state index < -0.39 is 0 Å². The summed E-state index contributed by atoms with van der Waals surface area (Å²) in [6.45, 7) is 6.53. The third-order valence-corrected chi connectivity index (χ3v) is 3.84. The highest BCUT2D eigenvalue weighted by molar-refractivity contribution is 6.33. The Bertz CT molecular complexity index is 408. The van der Waals surface area contributed by atoms with Crippen LogP contribution in [0.3, 0.4) is 0 Å². The Kier molecular flexibility index (Phi) is 4.84. The number of nitriles is 1. The fourth-order valence-electron chi connectivity index (χ4n) is 1.99. The summed E-state index contributed by atoms with van der Waals surface area (Å²) in [5.74, 6) is 0. The molecule has 1 aromatic carbocycles. The van der Waals surface area contributed by atoms with Crippen molar-refractivity contribution in [1.29, 1.82) is 5.26 Å². The number of halogens is 1. The van der Waals surface area contributed by atoms with Gasteiger partial charge in [-0.05, 0) is 37.5 Å². The fraction of sp³-hybridized carbons (Fsp3) is 0.500. The van der Waals surface area contributed by atoms with Gasteiger partial charge in [-0.1, -0.05) is 32.4 Å². The molecule has 3 heteroatoms. The Balaban J connectivity index is 2.99. The van der Waals surface area contributed by atoms with Crippen molar-refractivity contribution in [3.05, 3.63) is 28.8 Å². The smallest absolute Gasteiger partial charge is 0.0992 e. The van der Waals surface area contributed by atoms with Crippen LogP contribution < -0.4 is 5.32 Å². The first-order valence-corrected chi connectivity index (χ1v) is 6.46. The number of nitrogens with one attached hydrogen (secondary N) is 1. The number of hydrogen-bond donors (Lipinski definition) is 1. The zero-order valence-electron chi connectivity index (χ0n) is 10.7. The Morgan fingerprint density at radius 3 is 2.24 bits per heavy atom. The SMILES string of the molecule is CCC(CC)(CC)Nc1ccc(C#N)cc1Cl. The van der Waals surface area contributed by atoms with E-state index in [1.807, 2.05) is 6.07 Å². The maximum Gasteiger partial charge on any atom is 0.0992 e. The minimum Gasteiger partial charge on any atom is -0.378 e. The van der Waals surface area contributed by atoms with Crippen LogP contribution in [0.25, 0.3) is 0 Å². The van der Waals surface area contributed by atoms with Gasteiger partial charge in [0.05, 0.1) is 22.3 Å². The number of nitrogens with zero attached hydrogens (tertiary/aromatic N) is 1. The molecule has 0 fully saturated rings. The van der Waals surface area contributed by atoms with Gasteiger partial charge in [0.15, 0.2) is 0 Å². The van der Waals surface area contributed by atoms with Crippen LogP contribution in [0, 0.1) is 11.3 Å². The molecule has 0 atom stereocenters. The van der Waals surface area contributed by atoms with E-state index in [4.69, 9.17) is 16.9 Å². The van der Waals surface area contributed by atoms with E-state index >= 15 is 0 Å². The van der Waals surface area contributed by atoms with E-state index in [2.05, 4.69) is 32.2 Å². The van der Waals surface area contributed by atoms with E-state index in [0.717, 1.165) is 24.9 Å². The van der Waals surface area contributed by atoms with Crippen LogP contribution in [0.2, 0.25) is 5.02 Å². The van der Waals surface area contributed by atoms with Gasteiger partial charge in [-0.2, -0.15) is 5.26 Å². The molecular weight excluding hydrogens is 232 g/mol. The number of rotatable bonds is 5. The third-order valence-electron chi connectivity index (χ3n) is 3.53. The topological polar surface area (TPSA) is 35.8 Å². The van der Waals surface area contributed by atoms with Gasteiger partial charge in [0.25, 0.3) is 0 Å². The summed E-state index contributed by atoms with van der Waals surface area (Å²) in [5.41, 5.74) is 1.60. The molecule has 0 aromatic heterocycles. The number of anilines is 1. The maximum absolute atomic E-state index is 8.79. The highest BCUT2D eigenvalue weighted by Gasteiger charge is 2.24. The van der Waals surface area contributed by atoms with E-state index in [0.29, 0.717) is 10.6 Å². The molecule has 0 radical (unpaired) electrons. The van der Waals surface area contributed by atoms with Crippen LogP contribution in [-0.2, 0) is 0 Å². The van der Waals surface area contributed by atoms with Gasteiger partial charge in [-0.3, -0.25) is 0 Å². The third kappa shape index (κ3) is 3.14. The first-order valence-electron chi connectivity index (χ1n) is 6.08. The minimum atomic E-state index is 0.0950. The van der Waals surface area contributed by atoms with Crippen LogP contribution in [0.5, 0.6) is 0 Å². The van der Waals surface area contributed by atoms with E-state index in [-0.39, 0.29) is 5.54 Å². The van der Waals surface area contributed by atoms with Crippen LogP contribution in [0.1, 0.15) is 45.6 Å². The molecule has 0 amide bonds. The van der Waals surface area contributed by atoms with E-state index in [9.17, 15) is 0 Å². The molecule has 0 spiro atoms. The first-order chi connectivity index (χ1) is 8.10. The molecule has 1 rings (SSSR count). The van der Waals surface area contributed by atoms with Gasteiger partial charge in [-0.25, -0.2) is 0 Å². The molecule has 17 heavy (non-hydrogen) atoms. The van der Waals surface area contributed by atoms with Crippen LogP contribution in [0.15, 0.2) is 18.2 Å². The number of benzene rings is 1. The minimum absolute atomic E-state index is 0.0950. The van der Waals surface area contributed by atoms with Crippen molar-refractivity contribution >= 4 is 17.3 Å². The van der Waals surface area contributed by atoms with E-state index in [1.54, 1.807) is 12.1 Å². The van der Waals surface area contributed by atoms with Crippen LogP contribution >= 0.6 is 11.6 Å². The molecule has 0 unspecified atom stereocenters. The second-order valence-electron chi connectivity index (χ2n) is 4.27. The Labute approximate surface area is 109 Å². The van der Waals surface area contributed by atoms with Gasteiger partial charge in [0.2, 0.25) is 0 Å². The van der Waals surface area contributed by atoms with Crippen molar-refractivity contribution in [3.8, 4) is 6.07 Å². The standard InChI is InChI=1S/C14H19ClN2/c1-4-14(5-2,6-3)17-13-8-7-11(10-16)9-12(13)15/h7-9,17H,4-6H2,1-3H3. The lowest BCUT2D eigenvalue weighted by molar-refractivity contribution is 0.420. The predicted molar refractivity (Wildman–Crippen MR) is 73.4 cm³/mol. The van der Waals surface area contributed by atoms with E-state index in [1.165, 1.54) is 0 Å². The Morgan fingerprint density at radius 2 is 1.82 bits per heavy atom. The van der Waals surface area contributed by atoms with Crippen LogP contribution in [0.4, 0.5) is 5.69 Å². The summed E-state index contributed by atoms with van der Waals surface area (Å²) in [5, 5.41) is 12.9. The predicted octanol–water partition coefficient (Wildman–Crippen LogP) is 4.59. The highest BCUT2D eigenvalue weighted by atomic mass is 35.5. The van der Waals surface area contributed by atoms with Crippen molar-refractivity contribution in [3.63, 3.8) is 0 Å². The summed E-state index contributed by atoms with van der Waals surface area (Å²) >= 11 is 6.17. The summed E-state index contributed by atoms with van der Waals surface area (Å²) in [4.78, 5) is 0. The van der Waals surface area contributed by atoms with Crippen molar-refractivity contribution in [1.82, 2.24) is 0 Å². The molecule has 0 aliphatic rings. The van der Waals surface area contributed by atoms with Gasteiger partial charge in [-0.15, -0.1) is 0 Å². The largest absolute Gasteiger partial charge is 0.378 e. The maximum atomic E-state index is 8.79. The van der Waals surface area contributed by atoms with Gasteiger partial charge >= 0.3 is 0 Å². The zero-order valence-corrected chi connectivity index (χ0v) is 11.4. The van der Waals surface area contributed by atoms with Gasteiger partial charge < -0.3 is 5.32 Å². The monoisotopic (exact) mass is 250 g/mol. The first kappa shape index (κ1) is 13.9. The quantitative estimate of drug-likeness (QED) is 0.830. The summed E-state index contributed by atoms with van der Waals surface area (Å²) in [6, 6.07) is 7.47. The molecule has 1 aromatic rings. The van der Waals surface area contributed by atoms with Gasteiger partial charge in [0.1, 0.15) is 0 Å². The second-order valence-corrected chi connectivity index (χ2v) is 4.68. The molecule has 0 saturated carbocycles. The molecule has 0 aliphatic heterocycles. The summed E-state index contributed by atoms with van der Waals surface area (Å²) in [6.07, 6.45) is 3.16. The van der Waals surface area contributed by atoms with Crippen LogP contribution in [-0.4, -0.2) is 5.54 Å². The van der Waals surface area contributed by atoms with Crippen molar-refractivity contribution < 1.29 is 0 Å². The average Bonchev–Trinajstić information content (AvgIpc) is 2.38. The molecule has 0 aliphatic carbocycles. The van der Waals surface area contributed by atoms with Crippen molar-refractivity contribution in [2.75, 3.05) is 5.32 Å². The fourth-order valence-corrected chi connectivity index (χ4v) is 2.21. The van der Waals surface area contributed by atoms with Crippen molar-refractivity contribution in [2.45, 2.75) is 45.6 Å². The molecule has 2 nitrogen and oxygen atoms in total. The summed E-state index contributed by atoms with van der Waals surface area (Å²) in [7, 11) is 0. The molecule has 0 heterocycles. The molecule has 1 N–H and O–H groups in total. The lowest BCUT2D eigenvalue weighted by Crippen LogP contribution is -2.36. The highest BCUT2D eigenvalue weighted by Crippen LogP contribution is 2.30. The lowest BCUT2D eigenvalue weighted by Gasteiger charge is -2.33. The second kappa shape index (κ2) is 5.93. The molecule has 0 bridgehead atoms. The average molecular weight is 251 g/mol. The lowest BCUT2D eigenvalue weighted by atomic mass is 9.89.